The molecule has 0 spiro atoms. The van der Waals surface area contributed by atoms with Crippen molar-refractivity contribution >= 4 is 11.8 Å². The molecule has 1 saturated carbocycles. The molecule has 1 aliphatic rings. The molecule has 0 aromatic carbocycles. The van der Waals surface area contributed by atoms with E-state index in [1.54, 1.807) is 24.2 Å². The van der Waals surface area contributed by atoms with Gasteiger partial charge in [-0.25, -0.2) is 4.98 Å². The summed E-state index contributed by atoms with van der Waals surface area (Å²) in [7, 11) is 0. The third-order valence-electron chi connectivity index (χ3n) is 2.82. The van der Waals surface area contributed by atoms with Crippen LogP contribution in [0.15, 0.2) is 22.1 Å². The van der Waals surface area contributed by atoms with Gasteiger partial charge in [0.05, 0.1) is 6.20 Å². The third kappa shape index (κ3) is 3.87. The van der Waals surface area contributed by atoms with Crippen LogP contribution in [0, 0.1) is 5.92 Å². The van der Waals surface area contributed by atoms with Gasteiger partial charge in [0.2, 0.25) is 0 Å². The lowest BCUT2D eigenvalue weighted by Gasteiger charge is -2.09. The number of hydrogen-bond acceptors (Lipinski definition) is 4. The molecule has 0 radical (unpaired) electrons. The molecule has 0 aliphatic heterocycles. The Kier molecular flexibility index (Phi) is 4.54. The minimum atomic E-state index is 0.776. The molecule has 0 atom stereocenters. The SMILES string of the molecule is c1coc(SCCNCC2CCCC2)n1. The molecule has 1 fully saturated rings. The summed E-state index contributed by atoms with van der Waals surface area (Å²) >= 11 is 1.67. The van der Waals surface area contributed by atoms with Gasteiger partial charge in [0.15, 0.2) is 0 Å². The first-order valence-electron chi connectivity index (χ1n) is 5.68. The van der Waals surface area contributed by atoms with E-state index in [0.29, 0.717) is 0 Å². The Labute approximate surface area is 95.0 Å². The van der Waals surface area contributed by atoms with E-state index in [4.69, 9.17) is 4.42 Å². The highest BCUT2D eigenvalue weighted by Gasteiger charge is 2.13. The molecule has 1 aromatic heterocycles. The van der Waals surface area contributed by atoms with E-state index >= 15 is 0 Å². The van der Waals surface area contributed by atoms with Gasteiger partial charge in [0.1, 0.15) is 6.26 Å². The third-order valence-corrected chi connectivity index (χ3v) is 3.68. The molecule has 1 heterocycles. The van der Waals surface area contributed by atoms with Crippen molar-refractivity contribution in [2.75, 3.05) is 18.8 Å². The van der Waals surface area contributed by atoms with Crippen LogP contribution in [0.4, 0.5) is 0 Å². The Balaban J connectivity index is 1.48. The summed E-state index contributed by atoms with van der Waals surface area (Å²) in [4.78, 5) is 4.06. The smallest absolute Gasteiger partial charge is 0.255 e. The average molecular weight is 226 g/mol. The highest BCUT2D eigenvalue weighted by molar-refractivity contribution is 7.99. The summed E-state index contributed by atoms with van der Waals surface area (Å²) in [5, 5.41) is 4.28. The van der Waals surface area contributed by atoms with Crippen molar-refractivity contribution in [3.63, 3.8) is 0 Å². The second kappa shape index (κ2) is 6.18. The number of aromatic nitrogens is 1. The van der Waals surface area contributed by atoms with Crippen molar-refractivity contribution in [2.45, 2.75) is 30.9 Å². The molecule has 1 aliphatic carbocycles. The molecule has 0 unspecified atom stereocenters. The van der Waals surface area contributed by atoms with Gasteiger partial charge >= 0.3 is 0 Å². The molecule has 15 heavy (non-hydrogen) atoms. The minimum Gasteiger partial charge on any atom is -0.440 e. The first-order chi connectivity index (χ1) is 7.45. The van der Waals surface area contributed by atoms with Crippen molar-refractivity contribution in [1.82, 2.24) is 10.3 Å². The molecule has 2 rings (SSSR count). The molecule has 3 nitrogen and oxygen atoms in total. The van der Waals surface area contributed by atoms with E-state index in [-0.39, 0.29) is 0 Å². The average Bonchev–Trinajstić information content (AvgIpc) is 2.88. The van der Waals surface area contributed by atoms with E-state index in [9.17, 15) is 0 Å². The summed E-state index contributed by atoms with van der Waals surface area (Å²) in [6, 6.07) is 0. The fourth-order valence-corrected chi connectivity index (χ4v) is 2.69. The Morgan fingerprint density at radius 2 is 2.33 bits per heavy atom. The highest BCUT2D eigenvalue weighted by Crippen LogP contribution is 2.23. The number of oxazole rings is 1. The van der Waals surface area contributed by atoms with E-state index in [0.717, 1.165) is 23.4 Å². The number of nitrogens with one attached hydrogen (secondary N) is 1. The largest absolute Gasteiger partial charge is 0.440 e. The van der Waals surface area contributed by atoms with Gasteiger partial charge in [-0.3, -0.25) is 0 Å². The van der Waals surface area contributed by atoms with Gasteiger partial charge in [-0.15, -0.1) is 0 Å². The van der Waals surface area contributed by atoms with Crippen LogP contribution in [-0.2, 0) is 0 Å². The zero-order valence-electron chi connectivity index (χ0n) is 8.95. The molecular weight excluding hydrogens is 208 g/mol. The van der Waals surface area contributed by atoms with Gasteiger partial charge in [0, 0.05) is 12.3 Å². The van der Waals surface area contributed by atoms with Gasteiger partial charge < -0.3 is 9.73 Å². The Hall–Kier alpha value is -0.480. The van der Waals surface area contributed by atoms with E-state index in [1.807, 2.05) is 0 Å². The van der Waals surface area contributed by atoms with Crippen LogP contribution >= 0.6 is 11.8 Å². The lowest BCUT2D eigenvalue weighted by molar-refractivity contribution is 0.453. The Morgan fingerprint density at radius 3 is 3.07 bits per heavy atom. The Bertz CT molecular complexity index is 258. The van der Waals surface area contributed by atoms with E-state index in [2.05, 4.69) is 10.3 Å². The topological polar surface area (TPSA) is 38.1 Å². The zero-order valence-corrected chi connectivity index (χ0v) is 9.76. The maximum absolute atomic E-state index is 5.14. The number of rotatable bonds is 6. The normalized spacial score (nSPS) is 17.3. The van der Waals surface area contributed by atoms with E-state index < -0.39 is 0 Å². The van der Waals surface area contributed by atoms with Gasteiger partial charge in [-0.05, 0) is 25.3 Å². The van der Waals surface area contributed by atoms with Crippen molar-refractivity contribution in [2.24, 2.45) is 5.92 Å². The summed E-state index contributed by atoms with van der Waals surface area (Å²) in [6.07, 6.45) is 9.00. The quantitative estimate of drug-likeness (QED) is 0.597. The lowest BCUT2D eigenvalue weighted by Crippen LogP contribution is -2.23. The van der Waals surface area contributed by atoms with Crippen LogP contribution in [0.1, 0.15) is 25.7 Å². The molecule has 0 bridgehead atoms. The first-order valence-corrected chi connectivity index (χ1v) is 6.67. The van der Waals surface area contributed by atoms with Crippen LogP contribution in [0.5, 0.6) is 0 Å². The standard InChI is InChI=1S/C11H18N2OS/c1-2-4-10(3-1)9-12-6-8-15-11-13-5-7-14-11/h5,7,10,12H,1-4,6,8-9H2. The summed E-state index contributed by atoms with van der Waals surface area (Å²) in [5.74, 6) is 1.96. The number of thioether (sulfide) groups is 1. The minimum absolute atomic E-state index is 0.776. The van der Waals surface area contributed by atoms with Crippen molar-refractivity contribution in [3.05, 3.63) is 12.5 Å². The number of hydrogen-bond donors (Lipinski definition) is 1. The van der Waals surface area contributed by atoms with Crippen LogP contribution in [0.25, 0.3) is 0 Å². The van der Waals surface area contributed by atoms with Crippen LogP contribution in [0.3, 0.4) is 0 Å². The van der Waals surface area contributed by atoms with Crippen molar-refractivity contribution in [1.29, 1.82) is 0 Å². The molecule has 0 saturated heterocycles. The van der Waals surface area contributed by atoms with Gasteiger partial charge in [-0.1, -0.05) is 24.6 Å². The van der Waals surface area contributed by atoms with Crippen LogP contribution < -0.4 is 5.32 Å². The second-order valence-electron chi connectivity index (χ2n) is 4.00. The predicted molar refractivity (Wildman–Crippen MR) is 62.1 cm³/mol. The van der Waals surface area contributed by atoms with Crippen LogP contribution in [-0.4, -0.2) is 23.8 Å². The summed E-state index contributed by atoms with van der Waals surface area (Å²) in [5.41, 5.74) is 0. The molecule has 0 amide bonds. The fraction of sp³-hybridized carbons (Fsp3) is 0.727. The predicted octanol–water partition coefficient (Wildman–Crippen LogP) is 2.55. The molecule has 84 valence electrons. The molecule has 4 heteroatoms. The van der Waals surface area contributed by atoms with E-state index in [1.165, 1.54) is 32.2 Å². The first kappa shape index (κ1) is 11.0. The van der Waals surface area contributed by atoms with Crippen molar-refractivity contribution < 1.29 is 4.42 Å². The fourth-order valence-electron chi connectivity index (χ4n) is 2.01. The van der Waals surface area contributed by atoms with Gasteiger partial charge in [0.25, 0.3) is 5.22 Å². The second-order valence-corrected chi connectivity index (χ2v) is 5.05. The highest BCUT2D eigenvalue weighted by atomic mass is 32.2. The molecular formula is C11H18N2OS. The van der Waals surface area contributed by atoms with Crippen molar-refractivity contribution in [3.8, 4) is 0 Å². The molecule has 1 aromatic rings. The monoisotopic (exact) mass is 226 g/mol. The molecule has 1 N–H and O–H groups in total. The van der Waals surface area contributed by atoms with Crippen LogP contribution in [0.2, 0.25) is 0 Å². The van der Waals surface area contributed by atoms with Gasteiger partial charge in [-0.2, -0.15) is 0 Å². The summed E-state index contributed by atoms with van der Waals surface area (Å²) in [6.45, 7) is 2.23. The Morgan fingerprint density at radius 1 is 1.47 bits per heavy atom. The zero-order chi connectivity index (χ0) is 10.3. The number of nitrogens with zero attached hydrogens (tertiary/aromatic N) is 1. The maximum Gasteiger partial charge on any atom is 0.255 e. The maximum atomic E-state index is 5.14. The lowest BCUT2D eigenvalue weighted by atomic mass is 10.1. The summed E-state index contributed by atoms with van der Waals surface area (Å²) < 4.78 is 5.14.